The number of aromatic nitrogens is 1. The number of benzene rings is 1. The van der Waals surface area contributed by atoms with Crippen molar-refractivity contribution in [1.82, 2.24) is 15.0 Å². The Labute approximate surface area is 185 Å². The number of hydrogen-bond donors (Lipinski definition) is 2. The second kappa shape index (κ2) is 9.36. The summed E-state index contributed by atoms with van der Waals surface area (Å²) in [7, 11) is -3.73. The van der Waals surface area contributed by atoms with Crippen molar-refractivity contribution in [3.63, 3.8) is 0 Å². The van der Waals surface area contributed by atoms with Crippen molar-refractivity contribution in [1.29, 1.82) is 0 Å². The first-order chi connectivity index (χ1) is 14.6. The average Bonchev–Trinajstić information content (AvgIpc) is 2.71. The first kappa shape index (κ1) is 23.2. The molecule has 2 N–H and O–H groups in total. The first-order valence-corrected chi connectivity index (χ1v) is 12.2. The van der Waals surface area contributed by atoms with E-state index in [2.05, 4.69) is 19.9 Å². The summed E-state index contributed by atoms with van der Waals surface area (Å²) in [4.78, 5) is 19.8. The van der Waals surface area contributed by atoms with Crippen LogP contribution in [-0.4, -0.2) is 37.9 Å². The number of carbonyl (C=O) groups excluding carboxylic acids is 1. The summed E-state index contributed by atoms with van der Waals surface area (Å²) >= 11 is 0. The van der Waals surface area contributed by atoms with Crippen molar-refractivity contribution >= 4 is 21.7 Å². The normalized spacial score (nSPS) is 15.0. The van der Waals surface area contributed by atoms with E-state index >= 15 is 0 Å². The van der Waals surface area contributed by atoms with E-state index in [-0.39, 0.29) is 10.8 Å². The zero-order chi connectivity index (χ0) is 22.6. The molecule has 1 saturated heterocycles. The predicted octanol–water partition coefficient (Wildman–Crippen LogP) is 3.39. The maximum atomic E-state index is 12.9. The number of pyridine rings is 1. The Hall–Kier alpha value is -2.45. The molecule has 1 aromatic heterocycles. The highest BCUT2D eigenvalue weighted by Crippen LogP contribution is 2.22. The summed E-state index contributed by atoms with van der Waals surface area (Å²) in [5.74, 6) is 0.601. The minimum absolute atomic E-state index is 0.0774. The van der Waals surface area contributed by atoms with Crippen molar-refractivity contribution in [2.24, 2.45) is 0 Å². The molecule has 8 heteroatoms. The third kappa shape index (κ3) is 6.04. The molecular formula is C23H32N4O3S. The fraction of sp³-hybridized carbons (Fsp3) is 0.478. The number of amides is 1. The fourth-order valence-corrected chi connectivity index (χ4v) is 5.15. The van der Waals surface area contributed by atoms with E-state index in [0.717, 1.165) is 42.9 Å². The number of anilines is 1. The van der Waals surface area contributed by atoms with Gasteiger partial charge in [0.25, 0.3) is 5.91 Å². The molecule has 168 valence electrons. The quantitative estimate of drug-likeness (QED) is 0.713. The molecule has 1 aromatic carbocycles. The average molecular weight is 445 g/mol. The van der Waals surface area contributed by atoms with Gasteiger partial charge in [0.2, 0.25) is 10.0 Å². The molecule has 0 unspecified atom stereocenters. The largest absolute Gasteiger partial charge is 0.356 e. The summed E-state index contributed by atoms with van der Waals surface area (Å²) in [6, 6.07) is 8.46. The molecule has 1 fully saturated rings. The van der Waals surface area contributed by atoms with E-state index in [0.29, 0.717) is 12.1 Å². The molecule has 1 amide bonds. The number of nitrogens with zero attached hydrogens (tertiary/aromatic N) is 2. The van der Waals surface area contributed by atoms with E-state index < -0.39 is 15.6 Å². The van der Waals surface area contributed by atoms with Crippen LogP contribution in [0.1, 0.15) is 61.5 Å². The first-order valence-electron chi connectivity index (χ1n) is 10.7. The molecule has 1 aliphatic rings. The van der Waals surface area contributed by atoms with Crippen LogP contribution in [0.25, 0.3) is 0 Å². The van der Waals surface area contributed by atoms with Gasteiger partial charge in [0.1, 0.15) is 5.82 Å². The fourth-order valence-electron chi connectivity index (χ4n) is 3.70. The van der Waals surface area contributed by atoms with Gasteiger partial charge in [0, 0.05) is 42.5 Å². The molecule has 0 bridgehead atoms. The number of carbonyl (C=O) groups is 1. The molecule has 0 atom stereocenters. The molecule has 2 aromatic rings. The van der Waals surface area contributed by atoms with Crippen LogP contribution in [-0.2, 0) is 16.6 Å². The second-order valence-electron chi connectivity index (χ2n) is 9.05. The molecule has 0 saturated carbocycles. The molecule has 1 aliphatic heterocycles. The van der Waals surface area contributed by atoms with Gasteiger partial charge in [0.05, 0.1) is 4.90 Å². The summed E-state index contributed by atoms with van der Waals surface area (Å²) in [5, 5.41) is 2.94. The van der Waals surface area contributed by atoms with Crippen LogP contribution in [0, 0.1) is 6.92 Å². The number of sulfonamides is 1. The Balaban J connectivity index is 1.77. The van der Waals surface area contributed by atoms with Crippen molar-refractivity contribution in [3.05, 3.63) is 53.2 Å². The van der Waals surface area contributed by atoms with Crippen molar-refractivity contribution in [2.45, 2.75) is 63.9 Å². The van der Waals surface area contributed by atoms with Crippen LogP contribution in [0.15, 0.2) is 41.4 Å². The Morgan fingerprint density at radius 1 is 1.13 bits per heavy atom. The number of hydrogen-bond acceptors (Lipinski definition) is 5. The zero-order valence-electron chi connectivity index (χ0n) is 18.7. The lowest BCUT2D eigenvalue weighted by atomic mass is 10.1. The number of aryl methyl sites for hydroxylation is 1. The topological polar surface area (TPSA) is 91.4 Å². The predicted molar refractivity (Wildman–Crippen MR) is 123 cm³/mol. The van der Waals surface area contributed by atoms with Gasteiger partial charge in [-0.15, -0.1) is 0 Å². The van der Waals surface area contributed by atoms with E-state index in [9.17, 15) is 13.2 Å². The third-order valence-corrected chi connectivity index (χ3v) is 6.92. The summed E-state index contributed by atoms with van der Waals surface area (Å²) in [6.07, 6.45) is 5.30. The van der Waals surface area contributed by atoms with E-state index in [1.54, 1.807) is 40.0 Å². The monoisotopic (exact) mass is 444 g/mol. The highest BCUT2D eigenvalue weighted by Gasteiger charge is 2.24. The van der Waals surface area contributed by atoms with Crippen LogP contribution in [0.3, 0.4) is 0 Å². The van der Waals surface area contributed by atoms with Gasteiger partial charge < -0.3 is 10.2 Å². The van der Waals surface area contributed by atoms with Gasteiger partial charge in [-0.1, -0.05) is 12.1 Å². The lowest BCUT2D eigenvalue weighted by Gasteiger charge is -2.29. The van der Waals surface area contributed by atoms with Crippen molar-refractivity contribution in [2.75, 3.05) is 18.0 Å². The maximum Gasteiger partial charge on any atom is 0.251 e. The van der Waals surface area contributed by atoms with Gasteiger partial charge in [-0.25, -0.2) is 18.1 Å². The zero-order valence-corrected chi connectivity index (χ0v) is 19.6. The van der Waals surface area contributed by atoms with Crippen LogP contribution < -0.4 is 14.9 Å². The molecule has 2 heterocycles. The van der Waals surface area contributed by atoms with Crippen LogP contribution >= 0.6 is 0 Å². The van der Waals surface area contributed by atoms with Gasteiger partial charge >= 0.3 is 0 Å². The van der Waals surface area contributed by atoms with Crippen LogP contribution in [0.2, 0.25) is 0 Å². The minimum Gasteiger partial charge on any atom is -0.356 e. The summed E-state index contributed by atoms with van der Waals surface area (Å²) in [5.41, 5.74) is 1.40. The van der Waals surface area contributed by atoms with Crippen LogP contribution in [0.4, 0.5) is 5.82 Å². The number of nitrogens with one attached hydrogen (secondary N) is 2. The van der Waals surface area contributed by atoms with Crippen LogP contribution in [0.5, 0.6) is 0 Å². The van der Waals surface area contributed by atoms with Crippen molar-refractivity contribution in [3.8, 4) is 0 Å². The standard InChI is InChI=1S/C23H32N4O3S/c1-17-10-11-19(31(29,30)26-23(2,3)4)15-20(17)22(28)25-16-18-9-8-12-24-21(18)27-13-6-5-7-14-27/h8-12,15,26H,5-7,13-14,16H2,1-4H3,(H,25,28). The Morgan fingerprint density at radius 2 is 1.84 bits per heavy atom. The van der Waals surface area contributed by atoms with Gasteiger partial charge in [-0.2, -0.15) is 0 Å². The van der Waals surface area contributed by atoms with Gasteiger partial charge in [0.15, 0.2) is 0 Å². The smallest absolute Gasteiger partial charge is 0.251 e. The molecular weight excluding hydrogens is 412 g/mol. The molecule has 0 spiro atoms. The lowest BCUT2D eigenvalue weighted by molar-refractivity contribution is 0.0950. The highest BCUT2D eigenvalue weighted by molar-refractivity contribution is 7.89. The van der Waals surface area contributed by atoms with Gasteiger partial charge in [-0.05, 0) is 70.7 Å². The number of piperidine rings is 1. The van der Waals surface area contributed by atoms with E-state index in [1.807, 2.05) is 12.1 Å². The minimum atomic E-state index is -3.73. The summed E-state index contributed by atoms with van der Waals surface area (Å²) < 4.78 is 28.0. The molecule has 7 nitrogen and oxygen atoms in total. The van der Waals surface area contributed by atoms with E-state index in [4.69, 9.17) is 0 Å². The SMILES string of the molecule is Cc1ccc(S(=O)(=O)NC(C)(C)C)cc1C(=O)NCc1cccnc1N1CCCCC1. The van der Waals surface area contributed by atoms with Crippen molar-refractivity contribution < 1.29 is 13.2 Å². The maximum absolute atomic E-state index is 12.9. The van der Waals surface area contributed by atoms with Gasteiger partial charge in [-0.3, -0.25) is 4.79 Å². The third-order valence-electron chi connectivity index (χ3n) is 5.17. The molecule has 3 rings (SSSR count). The Bertz CT molecular complexity index is 1040. The Morgan fingerprint density at radius 3 is 2.52 bits per heavy atom. The lowest BCUT2D eigenvalue weighted by Crippen LogP contribution is -2.40. The summed E-state index contributed by atoms with van der Waals surface area (Å²) in [6.45, 7) is 9.40. The molecule has 0 radical (unpaired) electrons. The second-order valence-corrected chi connectivity index (χ2v) is 10.7. The molecule has 0 aliphatic carbocycles. The Kier molecular flexibility index (Phi) is 7.01. The molecule has 31 heavy (non-hydrogen) atoms. The highest BCUT2D eigenvalue weighted by atomic mass is 32.2. The number of rotatable bonds is 6. The van der Waals surface area contributed by atoms with E-state index in [1.165, 1.54) is 18.6 Å².